The molecule has 1 aliphatic rings. The minimum absolute atomic E-state index is 0.207. The predicted molar refractivity (Wildman–Crippen MR) is 91.9 cm³/mol. The summed E-state index contributed by atoms with van der Waals surface area (Å²) < 4.78 is 6.52. The largest absolute Gasteiger partial charge is 0.453 e. The molecule has 0 spiro atoms. The van der Waals surface area contributed by atoms with Gasteiger partial charge in [0.15, 0.2) is 5.65 Å². The molecule has 2 heterocycles. The van der Waals surface area contributed by atoms with Gasteiger partial charge in [-0.3, -0.25) is 0 Å². The van der Waals surface area contributed by atoms with Crippen LogP contribution < -0.4 is 10.6 Å². The number of aryl methyl sites for hydroxylation is 2. The summed E-state index contributed by atoms with van der Waals surface area (Å²) in [6.45, 7) is 5.39. The van der Waals surface area contributed by atoms with Crippen LogP contribution in [-0.2, 0) is 11.3 Å². The molecule has 24 heavy (non-hydrogen) atoms. The van der Waals surface area contributed by atoms with Crippen molar-refractivity contribution in [2.45, 2.75) is 51.7 Å². The maximum atomic E-state index is 11.1. The van der Waals surface area contributed by atoms with Crippen LogP contribution in [0.3, 0.4) is 0 Å². The fourth-order valence-corrected chi connectivity index (χ4v) is 2.82. The lowest BCUT2D eigenvalue weighted by Crippen LogP contribution is -2.25. The first kappa shape index (κ1) is 16.7. The van der Waals surface area contributed by atoms with Crippen molar-refractivity contribution >= 4 is 17.1 Å². The average Bonchev–Trinajstić information content (AvgIpc) is 3.31. The summed E-state index contributed by atoms with van der Waals surface area (Å²) in [4.78, 5) is 15.8. The first-order chi connectivity index (χ1) is 11.6. The van der Waals surface area contributed by atoms with E-state index in [4.69, 9.17) is 5.10 Å². The van der Waals surface area contributed by atoms with E-state index in [1.165, 1.54) is 20.0 Å². The molecular weight excluding hydrogens is 306 g/mol. The number of fused-ring (bicyclic) bond motifs is 1. The van der Waals surface area contributed by atoms with Crippen molar-refractivity contribution in [1.29, 1.82) is 0 Å². The summed E-state index contributed by atoms with van der Waals surface area (Å²) in [5.74, 6) is 0. The molecule has 130 valence electrons. The average molecular weight is 331 g/mol. The zero-order valence-corrected chi connectivity index (χ0v) is 14.5. The van der Waals surface area contributed by atoms with Crippen molar-refractivity contribution in [2.24, 2.45) is 0 Å². The second-order valence-corrected chi connectivity index (χ2v) is 6.37. The Kier molecular flexibility index (Phi) is 4.99. The second-order valence-electron chi connectivity index (χ2n) is 6.37. The van der Waals surface area contributed by atoms with Gasteiger partial charge in [-0.15, -0.1) is 0 Å². The number of nitrogens with one attached hydrogen (secondary N) is 2. The van der Waals surface area contributed by atoms with Gasteiger partial charge in [0.2, 0.25) is 0 Å². The zero-order valence-electron chi connectivity index (χ0n) is 14.5. The van der Waals surface area contributed by atoms with Crippen LogP contribution in [0.5, 0.6) is 0 Å². The third-order valence-corrected chi connectivity index (χ3v) is 4.24. The van der Waals surface area contributed by atoms with Crippen LogP contribution in [0.2, 0.25) is 0 Å². The van der Waals surface area contributed by atoms with E-state index in [2.05, 4.69) is 33.3 Å². The Morgan fingerprint density at radius 2 is 2.25 bits per heavy atom. The number of amides is 1. The smallest absolute Gasteiger partial charge is 0.406 e. The molecule has 0 radical (unpaired) electrons. The molecule has 2 aromatic rings. The van der Waals surface area contributed by atoms with Gasteiger partial charge in [0.25, 0.3) is 0 Å². The highest BCUT2D eigenvalue weighted by Crippen LogP contribution is 2.27. The number of ether oxygens (including phenoxy) is 1. The van der Waals surface area contributed by atoms with Gasteiger partial charge in [-0.05, 0) is 45.2 Å². The molecule has 3 rings (SSSR count). The summed E-state index contributed by atoms with van der Waals surface area (Å²) in [5, 5.41) is 12.2. The van der Waals surface area contributed by atoms with Gasteiger partial charge in [-0.1, -0.05) is 0 Å². The molecule has 1 amide bonds. The monoisotopic (exact) mass is 331 g/mol. The van der Waals surface area contributed by atoms with E-state index < -0.39 is 6.09 Å². The third-order valence-electron chi connectivity index (χ3n) is 4.24. The molecule has 2 N–H and O–H groups in total. The van der Waals surface area contributed by atoms with E-state index in [1.807, 2.05) is 17.7 Å². The number of alkyl carbamates (subject to hydrolysis) is 1. The van der Waals surface area contributed by atoms with Crippen LogP contribution in [0, 0.1) is 6.92 Å². The fourth-order valence-electron chi connectivity index (χ4n) is 2.82. The van der Waals surface area contributed by atoms with E-state index in [-0.39, 0.29) is 6.04 Å². The fraction of sp³-hybridized carbons (Fsp3) is 0.588. The number of hydrogen-bond acceptors (Lipinski definition) is 5. The summed E-state index contributed by atoms with van der Waals surface area (Å²) in [6, 6.07) is 4.97. The first-order valence-corrected chi connectivity index (χ1v) is 8.50. The third kappa shape index (κ3) is 3.84. The Balaban J connectivity index is 1.75. The maximum Gasteiger partial charge on any atom is 0.406 e. The van der Waals surface area contributed by atoms with Gasteiger partial charge in [-0.25, -0.2) is 14.5 Å². The number of methoxy groups -OCH3 is 1. The first-order valence-electron chi connectivity index (χ1n) is 8.50. The normalized spacial score (nSPS) is 15.5. The minimum Gasteiger partial charge on any atom is -0.453 e. The van der Waals surface area contributed by atoms with Gasteiger partial charge in [0, 0.05) is 36.3 Å². The number of rotatable bonds is 7. The van der Waals surface area contributed by atoms with E-state index in [0.29, 0.717) is 19.1 Å². The molecule has 1 unspecified atom stereocenters. The number of hydrogen-bond donors (Lipinski definition) is 2. The zero-order chi connectivity index (χ0) is 17.1. The number of carbonyl (C=O) groups excluding carboxylic acids is 1. The van der Waals surface area contributed by atoms with Gasteiger partial charge in [0.1, 0.15) is 0 Å². The van der Waals surface area contributed by atoms with E-state index in [1.54, 1.807) is 0 Å². The molecule has 1 aliphatic carbocycles. The topological polar surface area (TPSA) is 81.1 Å². The number of nitrogens with zero attached hydrogens (tertiary/aromatic N) is 3. The van der Waals surface area contributed by atoms with Crippen LogP contribution in [0.15, 0.2) is 12.1 Å². The van der Waals surface area contributed by atoms with E-state index in [9.17, 15) is 4.79 Å². The summed E-state index contributed by atoms with van der Waals surface area (Å²) in [5.41, 5.74) is 2.93. The summed E-state index contributed by atoms with van der Waals surface area (Å²) in [7, 11) is 1.36. The van der Waals surface area contributed by atoms with E-state index in [0.717, 1.165) is 28.8 Å². The molecule has 1 saturated carbocycles. The SMILES string of the molecule is COC(=O)NCCCn1nc(C(C)NC2CC2)c2ccc(C)nc21. The van der Waals surface area contributed by atoms with Crippen molar-refractivity contribution < 1.29 is 9.53 Å². The highest BCUT2D eigenvalue weighted by molar-refractivity contribution is 5.79. The van der Waals surface area contributed by atoms with Crippen molar-refractivity contribution in [3.05, 3.63) is 23.5 Å². The molecule has 0 aliphatic heterocycles. The standard InChI is InChI=1S/C17H25N5O2/c1-11-5-8-14-15(12(2)20-13-6-7-13)21-22(16(14)19-11)10-4-9-18-17(23)24-3/h5,8,12-13,20H,4,6-7,9-10H2,1-3H3,(H,18,23). The molecule has 0 bridgehead atoms. The molecule has 7 nitrogen and oxygen atoms in total. The summed E-state index contributed by atoms with van der Waals surface area (Å²) in [6.07, 6.45) is 2.86. The van der Waals surface area contributed by atoms with Crippen molar-refractivity contribution in [3.8, 4) is 0 Å². The van der Waals surface area contributed by atoms with E-state index >= 15 is 0 Å². The Hall–Kier alpha value is -2.15. The van der Waals surface area contributed by atoms with Gasteiger partial charge in [0.05, 0.1) is 12.8 Å². The van der Waals surface area contributed by atoms with Gasteiger partial charge < -0.3 is 15.4 Å². The summed E-state index contributed by atoms with van der Waals surface area (Å²) >= 11 is 0. The maximum absolute atomic E-state index is 11.1. The minimum atomic E-state index is -0.405. The van der Waals surface area contributed by atoms with Crippen LogP contribution >= 0.6 is 0 Å². The highest BCUT2D eigenvalue weighted by atomic mass is 16.5. The number of aromatic nitrogens is 3. The molecule has 1 fully saturated rings. The van der Waals surface area contributed by atoms with Crippen molar-refractivity contribution in [1.82, 2.24) is 25.4 Å². The Morgan fingerprint density at radius 3 is 2.96 bits per heavy atom. The highest BCUT2D eigenvalue weighted by Gasteiger charge is 2.26. The van der Waals surface area contributed by atoms with Gasteiger partial charge in [-0.2, -0.15) is 5.10 Å². The quantitative estimate of drug-likeness (QED) is 0.761. The van der Waals surface area contributed by atoms with Crippen LogP contribution in [-0.4, -0.2) is 40.6 Å². The molecule has 0 aromatic carbocycles. The lowest BCUT2D eigenvalue weighted by molar-refractivity contribution is 0.170. The Bertz CT molecular complexity index is 723. The Labute approximate surface area is 141 Å². The van der Waals surface area contributed by atoms with Crippen LogP contribution in [0.1, 0.15) is 43.6 Å². The van der Waals surface area contributed by atoms with Crippen molar-refractivity contribution in [3.63, 3.8) is 0 Å². The van der Waals surface area contributed by atoms with Crippen molar-refractivity contribution in [2.75, 3.05) is 13.7 Å². The molecular formula is C17H25N5O2. The van der Waals surface area contributed by atoms with Gasteiger partial charge >= 0.3 is 6.09 Å². The second kappa shape index (κ2) is 7.17. The predicted octanol–water partition coefficient (Wildman–Crippen LogP) is 2.30. The number of pyridine rings is 1. The molecule has 0 saturated heterocycles. The molecule has 2 aromatic heterocycles. The lowest BCUT2D eigenvalue weighted by Gasteiger charge is -2.10. The number of carbonyl (C=O) groups is 1. The van der Waals surface area contributed by atoms with Crippen LogP contribution in [0.25, 0.3) is 11.0 Å². The molecule has 1 atom stereocenters. The molecule has 7 heteroatoms. The lowest BCUT2D eigenvalue weighted by atomic mass is 10.1. The van der Waals surface area contributed by atoms with Crippen LogP contribution in [0.4, 0.5) is 4.79 Å². The Morgan fingerprint density at radius 1 is 1.46 bits per heavy atom.